The van der Waals surface area contributed by atoms with Gasteiger partial charge in [0.2, 0.25) is 0 Å². The van der Waals surface area contributed by atoms with Crippen LogP contribution in [0.4, 0.5) is 11.4 Å². The molecule has 1 N–H and O–H groups in total. The summed E-state index contributed by atoms with van der Waals surface area (Å²) in [7, 11) is 0. The first-order valence-electron chi connectivity index (χ1n) is 16.4. The average molecular weight is 613 g/mol. The smallest absolute Gasteiger partial charge is 0.0548 e. The summed E-state index contributed by atoms with van der Waals surface area (Å²) in [6, 6.07) is 67.5. The van der Waals surface area contributed by atoms with E-state index >= 15 is 0 Å². The van der Waals surface area contributed by atoms with Crippen LogP contribution in [0.2, 0.25) is 0 Å². The van der Waals surface area contributed by atoms with E-state index in [2.05, 4.69) is 198 Å². The third-order valence-electron chi connectivity index (χ3n) is 9.36. The van der Waals surface area contributed by atoms with Crippen LogP contribution in [0.3, 0.4) is 0 Å². The minimum Gasteiger partial charge on any atom is -0.355 e. The second-order valence-electron chi connectivity index (χ2n) is 12.3. The predicted octanol–water partition coefficient (Wildman–Crippen LogP) is 12.7. The number of aromatic nitrogens is 1. The number of benzene rings is 8. The fourth-order valence-electron chi connectivity index (χ4n) is 7.08. The van der Waals surface area contributed by atoms with Gasteiger partial charge < -0.3 is 9.88 Å². The van der Waals surface area contributed by atoms with Gasteiger partial charge in [0, 0.05) is 33.4 Å². The fourth-order valence-corrected chi connectivity index (χ4v) is 7.08. The van der Waals surface area contributed by atoms with Crippen LogP contribution >= 0.6 is 0 Å². The molecule has 0 aliphatic heterocycles. The van der Waals surface area contributed by atoms with Gasteiger partial charge in [-0.2, -0.15) is 0 Å². The van der Waals surface area contributed by atoms with E-state index in [0.29, 0.717) is 0 Å². The van der Waals surface area contributed by atoms with E-state index in [1.165, 1.54) is 66.0 Å². The maximum absolute atomic E-state index is 3.81. The van der Waals surface area contributed by atoms with Gasteiger partial charge in [0.05, 0.1) is 11.0 Å². The molecule has 0 unspecified atom stereocenters. The Hall–Kier alpha value is -6.38. The molecule has 226 valence electrons. The Balaban J connectivity index is 1.21. The zero-order valence-corrected chi connectivity index (χ0v) is 26.3. The lowest BCUT2D eigenvalue weighted by atomic mass is 9.97. The molecule has 48 heavy (non-hydrogen) atoms. The van der Waals surface area contributed by atoms with Crippen LogP contribution in [0.15, 0.2) is 188 Å². The number of fused-ring (bicyclic) bond motifs is 4. The number of nitrogens with zero attached hydrogens (tertiary/aromatic N) is 1. The maximum Gasteiger partial charge on any atom is 0.0548 e. The number of nitrogens with one attached hydrogen (secondary N) is 1. The molecule has 9 aromatic rings. The van der Waals surface area contributed by atoms with Crippen molar-refractivity contribution in [1.82, 2.24) is 4.57 Å². The summed E-state index contributed by atoms with van der Waals surface area (Å²) >= 11 is 0. The van der Waals surface area contributed by atoms with E-state index in [0.717, 1.165) is 17.1 Å². The van der Waals surface area contributed by atoms with Crippen molar-refractivity contribution >= 4 is 44.0 Å². The largest absolute Gasteiger partial charge is 0.355 e. The van der Waals surface area contributed by atoms with Gasteiger partial charge in [-0.05, 0) is 81.1 Å². The van der Waals surface area contributed by atoms with Gasteiger partial charge in [0.25, 0.3) is 0 Å². The molecule has 0 aliphatic carbocycles. The SMILES string of the molecule is c1ccc(-c2ccc(-c3cccc(-n4c5ccccc5c5c(-c6ccccc6)c(Nc6ccc7ccccc7c6)ccc54)c3)cc2)cc1. The molecule has 0 bridgehead atoms. The summed E-state index contributed by atoms with van der Waals surface area (Å²) in [6.45, 7) is 0. The van der Waals surface area contributed by atoms with Gasteiger partial charge in [-0.1, -0.05) is 146 Å². The lowest BCUT2D eigenvalue weighted by Gasteiger charge is -2.16. The van der Waals surface area contributed by atoms with Crippen molar-refractivity contribution in [2.45, 2.75) is 0 Å². The number of anilines is 2. The van der Waals surface area contributed by atoms with Crippen molar-refractivity contribution < 1.29 is 0 Å². The molecule has 0 aliphatic rings. The highest BCUT2D eigenvalue weighted by atomic mass is 15.0. The standard InChI is InChI=1S/C46H32N2/c1-3-12-32(13-4-1)34-22-24-35(25-23-34)38-18-11-19-40(31-38)48-43-21-10-9-20-41(43)46-44(48)29-28-42(45(46)36-15-5-2-6-16-36)47-39-27-26-33-14-7-8-17-37(33)30-39/h1-31,47H. The number of para-hydroxylation sites is 1. The third-order valence-corrected chi connectivity index (χ3v) is 9.36. The summed E-state index contributed by atoms with van der Waals surface area (Å²) in [5.41, 5.74) is 12.9. The number of rotatable bonds is 6. The Kier molecular flexibility index (Phi) is 6.84. The van der Waals surface area contributed by atoms with E-state index in [4.69, 9.17) is 0 Å². The third kappa shape index (κ3) is 4.92. The maximum atomic E-state index is 3.81. The highest BCUT2D eigenvalue weighted by Gasteiger charge is 2.19. The van der Waals surface area contributed by atoms with E-state index in [9.17, 15) is 0 Å². The minimum absolute atomic E-state index is 1.07. The Morgan fingerprint density at radius 3 is 1.79 bits per heavy atom. The summed E-state index contributed by atoms with van der Waals surface area (Å²) in [6.07, 6.45) is 0. The van der Waals surface area contributed by atoms with Crippen LogP contribution in [0.5, 0.6) is 0 Å². The molecule has 1 aromatic heterocycles. The van der Waals surface area contributed by atoms with Gasteiger partial charge in [-0.25, -0.2) is 0 Å². The van der Waals surface area contributed by atoms with Gasteiger partial charge >= 0.3 is 0 Å². The molecule has 0 saturated heterocycles. The summed E-state index contributed by atoms with van der Waals surface area (Å²) in [4.78, 5) is 0. The molecule has 8 aromatic carbocycles. The molecule has 1 heterocycles. The van der Waals surface area contributed by atoms with Crippen LogP contribution < -0.4 is 5.32 Å². The van der Waals surface area contributed by atoms with Crippen molar-refractivity contribution in [2.24, 2.45) is 0 Å². The Morgan fingerprint density at radius 1 is 0.375 bits per heavy atom. The van der Waals surface area contributed by atoms with E-state index in [-0.39, 0.29) is 0 Å². The van der Waals surface area contributed by atoms with Gasteiger partial charge in [0.1, 0.15) is 0 Å². The van der Waals surface area contributed by atoms with Crippen LogP contribution in [0, 0.1) is 0 Å². The van der Waals surface area contributed by atoms with Gasteiger partial charge in [-0.15, -0.1) is 0 Å². The summed E-state index contributed by atoms with van der Waals surface area (Å²) in [5, 5.41) is 8.72. The molecule has 0 spiro atoms. The molecule has 0 atom stereocenters. The molecular formula is C46H32N2. The first-order chi connectivity index (χ1) is 23.8. The second-order valence-corrected chi connectivity index (χ2v) is 12.3. The van der Waals surface area contributed by atoms with Crippen LogP contribution in [-0.4, -0.2) is 4.57 Å². The quantitative estimate of drug-likeness (QED) is 0.198. The van der Waals surface area contributed by atoms with Gasteiger partial charge in [0.15, 0.2) is 0 Å². The monoisotopic (exact) mass is 612 g/mol. The minimum atomic E-state index is 1.07. The summed E-state index contributed by atoms with van der Waals surface area (Å²) < 4.78 is 2.42. The topological polar surface area (TPSA) is 17.0 Å². The zero-order valence-electron chi connectivity index (χ0n) is 26.3. The molecule has 2 heteroatoms. The lowest BCUT2D eigenvalue weighted by molar-refractivity contribution is 1.18. The van der Waals surface area contributed by atoms with E-state index < -0.39 is 0 Å². The molecule has 0 radical (unpaired) electrons. The van der Waals surface area contributed by atoms with Crippen molar-refractivity contribution in [3.05, 3.63) is 188 Å². The van der Waals surface area contributed by atoms with Crippen LogP contribution in [-0.2, 0) is 0 Å². The van der Waals surface area contributed by atoms with Crippen molar-refractivity contribution in [2.75, 3.05) is 5.32 Å². The molecule has 0 amide bonds. The van der Waals surface area contributed by atoms with Crippen molar-refractivity contribution in [3.63, 3.8) is 0 Å². The highest BCUT2D eigenvalue weighted by Crippen LogP contribution is 2.43. The fraction of sp³-hybridized carbons (Fsp3) is 0. The molecule has 9 rings (SSSR count). The first-order valence-corrected chi connectivity index (χ1v) is 16.4. The number of hydrogen-bond donors (Lipinski definition) is 1. The van der Waals surface area contributed by atoms with E-state index in [1.54, 1.807) is 0 Å². The first kappa shape index (κ1) is 27.9. The molecule has 2 nitrogen and oxygen atoms in total. The predicted molar refractivity (Wildman–Crippen MR) is 204 cm³/mol. The van der Waals surface area contributed by atoms with Crippen molar-refractivity contribution in [1.29, 1.82) is 0 Å². The van der Waals surface area contributed by atoms with Crippen LogP contribution in [0.1, 0.15) is 0 Å². The van der Waals surface area contributed by atoms with Crippen LogP contribution in [0.25, 0.3) is 71.6 Å². The highest BCUT2D eigenvalue weighted by molar-refractivity contribution is 6.18. The average Bonchev–Trinajstić information content (AvgIpc) is 3.50. The molecular weight excluding hydrogens is 581 g/mol. The molecule has 0 fully saturated rings. The number of hydrogen-bond acceptors (Lipinski definition) is 1. The molecule has 0 saturated carbocycles. The summed E-state index contributed by atoms with van der Waals surface area (Å²) in [5.74, 6) is 0. The zero-order chi connectivity index (χ0) is 31.9. The van der Waals surface area contributed by atoms with Crippen molar-refractivity contribution in [3.8, 4) is 39.1 Å². The Labute approximate surface area is 280 Å². The van der Waals surface area contributed by atoms with Gasteiger partial charge in [-0.3, -0.25) is 0 Å². The Morgan fingerprint density at radius 2 is 1.00 bits per heavy atom. The van der Waals surface area contributed by atoms with E-state index in [1.807, 2.05) is 0 Å². The normalized spacial score (nSPS) is 11.3. The second kappa shape index (κ2) is 11.8. The Bertz CT molecular complexity index is 2560. The lowest BCUT2D eigenvalue weighted by Crippen LogP contribution is -1.97.